The number of carboxylic acids is 1. The number of hydrogen-bond donors (Lipinski definition) is 2. The first-order valence-corrected chi connectivity index (χ1v) is 6.44. The van der Waals surface area contributed by atoms with E-state index in [4.69, 9.17) is 5.11 Å². The number of hydrogen-bond acceptors (Lipinski definition) is 3. The Balaban J connectivity index is 2.88. The van der Waals surface area contributed by atoms with Crippen molar-refractivity contribution in [1.82, 2.24) is 0 Å². The number of benzene rings is 1. The molecule has 2 N–H and O–H groups in total. The third-order valence-corrected chi connectivity index (χ3v) is 3.44. The molecular formula is C12H17NO2S. The van der Waals surface area contributed by atoms with Gasteiger partial charge in [0.25, 0.3) is 0 Å². The molecule has 4 heteroatoms. The predicted octanol–water partition coefficient (Wildman–Crippen LogP) is 2.86. The zero-order valence-electron chi connectivity index (χ0n) is 9.78. The fraction of sp³-hybridized carbons (Fsp3) is 0.417. The normalized spacial score (nSPS) is 12.2. The Bertz CT molecular complexity index is 379. The van der Waals surface area contributed by atoms with Crippen LogP contribution in [-0.4, -0.2) is 29.1 Å². The number of thioether (sulfide) groups is 1. The molecule has 88 valence electrons. The van der Waals surface area contributed by atoms with Crippen molar-refractivity contribution in [2.75, 3.05) is 18.1 Å². The minimum Gasteiger partial charge on any atom is -0.478 e. The Hall–Kier alpha value is -1.16. The van der Waals surface area contributed by atoms with Gasteiger partial charge < -0.3 is 10.4 Å². The second-order valence-electron chi connectivity index (χ2n) is 3.73. The van der Waals surface area contributed by atoms with Crippen LogP contribution >= 0.6 is 11.8 Å². The lowest BCUT2D eigenvalue weighted by molar-refractivity contribution is 0.0698. The van der Waals surface area contributed by atoms with Crippen molar-refractivity contribution in [2.24, 2.45) is 0 Å². The third-order valence-electron chi connectivity index (χ3n) is 2.47. The van der Waals surface area contributed by atoms with Gasteiger partial charge in [-0.2, -0.15) is 11.8 Å². The summed E-state index contributed by atoms with van der Waals surface area (Å²) < 4.78 is 0. The first-order valence-electron chi connectivity index (χ1n) is 5.15. The minimum absolute atomic E-state index is 0.341. The molecule has 1 unspecified atom stereocenters. The summed E-state index contributed by atoms with van der Waals surface area (Å²) in [5.74, 6) is -0.886. The molecular weight excluding hydrogens is 222 g/mol. The van der Waals surface area contributed by atoms with E-state index in [1.165, 1.54) is 0 Å². The van der Waals surface area contributed by atoms with Crippen LogP contribution in [0.3, 0.4) is 0 Å². The van der Waals surface area contributed by atoms with Gasteiger partial charge in [0.15, 0.2) is 0 Å². The molecule has 0 amide bonds. The van der Waals surface area contributed by atoms with Gasteiger partial charge in [-0.15, -0.1) is 0 Å². The average Bonchev–Trinajstić information content (AvgIpc) is 2.26. The van der Waals surface area contributed by atoms with Crippen LogP contribution in [0.25, 0.3) is 0 Å². The van der Waals surface area contributed by atoms with Crippen LogP contribution in [0.1, 0.15) is 22.8 Å². The standard InChI is InChI=1S/C12H17NO2S/c1-8-5-4-6-10(12(14)15)11(8)13-7-9(2)16-3/h4-6,9,13H,7H2,1-3H3,(H,14,15). The first-order chi connectivity index (χ1) is 7.56. The van der Waals surface area contributed by atoms with E-state index < -0.39 is 5.97 Å². The number of carboxylic acid groups (broad SMARTS) is 1. The van der Waals surface area contributed by atoms with Crippen molar-refractivity contribution in [1.29, 1.82) is 0 Å². The van der Waals surface area contributed by atoms with Gasteiger partial charge in [0.1, 0.15) is 0 Å². The third kappa shape index (κ3) is 3.17. The van der Waals surface area contributed by atoms with Crippen molar-refractivity contribution in [3.05, 3.63) is 29.3 Å². The van der Waals surface area contributed by atoms with Crippen molar-refractivity contribution in [3.63, 3.8) is 0 Å². The highest BCUT2D eigenvalue weighted by Gasteiger charge is 2.12. The van der Waals surface area contributed by atoms with E-state index >= 15 is 0 Å². The van der Waals surface area contributed by atoms with Crippen molar-refractivity contribution in [3.8, 4) is 0 Å². The second-order valence-corrected chi connectivity index (χ2v) is 5.01. The van der Waals surface area contributed by atoms with Gasteiger partial charge in [0, 0.05) is 11.8 Å². The molecule has 1 atom stereocenters. The van der Waals surface area contributed by atoms with Gasteiger partial charge in [-0.25, -0.2) is 4.79 Å². The number of anilines is 1. The number of rotatable bonds is 5. The van der Waals surface area contributed by atoms with E-state index in [1.807, 2.05) is 19.2 Å². The quantitative estimate of drug-likeness (QED) is 0.829. The Morgan fingerprint density at radius 3 is 2.81 bits per heavy atom. The summed E-state index contributed by atoms with van der Waals surface area (Å²) in [6, 6.07) is 5.31. The van der Waals surface area contributed by atoms with Gasteiger partial charge in [0.2, 0.25) is 0 Å². The van der Waals surface area contributed by atoms with Crippen LogP contribution in [0.5, 0.6) is 0 Å². The molecule has 0 spiro atoms. The van der Waals surface area contributed by atoms with E-state index in [0.717, 1.165) is 17.8 Å². The van der Waals surface area contributed by atoms with E-state index in [9.17, 15) is 4.79 Å². The summed E-state index contributed by atoms with van der Waals surface area (Å²) in [6.07, 6.45) is 2.04. The molecule has 0 saturated carbocycles. The first kappa shape index (κ1) is 12.9. The van der Waals surface area contributed by atoms with Crippen LogP contribution in [-0.2, 0) is 0 Å². The van der Waals surface area contributed by atoms with E-state index in [-0.39, 0.29) is 0 Å². The fourth-order valence-electron chi connectivity index (χ4n) is 1.41. The molecule has 0 aromatic heterocycles. The van der Waals surface area contributed by atoms with Gasteiger partial charge in [0.05, 0.1) is 11.3 Å². The topological polar surface area (TPSA) is 49.3 Å². The number of carbonyl (C=O) groups is 1. The summed E-state index contributed by atoms with van der Waals surface area (Å²) in [5.41, 5.74) is 2.04. The number of aromatic carboxylic acids is 1. The molecule has 3 nitrogen and oxygen atoms in total. The molecule has 0 aliphatic carbocycles. The summed E-state index contributed by atoms with van der Waals surface area (Å²) >= 11 is 1.75. The van der Waals surface area contributed by atoms with E-state index in [2.05, 4.69) is 12.2 Å². The zero-order valence-corrected chi connectivity index (χ0v) is 10.6. The Kier molecular flexibility index (Phi) is 4.68. The Labute approximate surface area is 100 Å². The number of aryl methyl sites for hydroxylation is 1. The largest absolute Gasteiger partial charge is 0.478 e. The van der Waals surface area contributed by atoms with Crippen molar-refractivity contribution in [2.45, 2.75) is 19.1 Å². The maximum absolute atomic E-state index is 11.0. The van der Waals surface area contributed by atoms with Gasteiger partial charge in [-0.1, -0.05) is 19.1 Å². The van der Waals surface area contributed by atoms with Gasteiger partial charge in [-0.05, 0) is 24.8 Å². The molecule has 0 heterocycles. The van der Waals surface area contributed by atoms with E-state index in [1.54, 1.807) is 23.9 Å². The molecule has 0 bridgehead atoms. The lowest BCUT2D eigenvalue weighted by Gasteiger charge is -2.15. The average molecular weight is 239 g/mol. The Morgan fingerprint density at radius 2 is 2.25 bits per heavy atom. The smallest absolute Gasteiger partial charge is 0.337 e. The van der Waals surface area contributed by atoms with E-state index in [0.29, 0.717) is 10.8 Å². The van der Waals surface area contributed by atoms with Crippen molar-refractivity contribution < 1.29 is 9.90 Å². The lowest BCUT2D eigenvalue weighted by Crippen LogP contribution is -2.15. The van der Waals surface area contributed by atoms with Crippen LogP contribution in [0.4, 0.5) is 5.69 Å². The number of nitrogens with one attached hydrogen (secondary N) is 1. The highest BCUT2D eigenvalue weighted by atomic mass is 32.2. The highest BCUT2D eigenvalue weighted by Crippen LogP contribution is 2.21. The maximum atomic E-state index is 11.0. The highest BCUT2D eigenvalue weighted by molar-refractivity contribution is 7.99. The monoisotopic (exact) mass is 239 g/mol. The fourth-order valence-corrected chi connectivity index (χ4v) is 1.66. The second kappa shape index (κ2) is 5.80. The lowest BCUT2D eigenvalue weighted by atomic mass is 10.1. The van der Waals surface area contributed by atoms with Crippen LogP contribution in [0.15, 0.2) is 18.2 Å². The maximum Gasteiger partial charge on any atom is 0.337 e. The molecule has 0 fully saturated rings. The molecule has 16 heavy (non-hydrogen) atoms. The van der Waals surface area contributed by atoms with Crippen LogP contribution < -0.4 is 5.32 Å². The summed E-state index contributed by atoms with van der Waals surface area (Å²) in [7, 11) is 0. The zero-order chi connectivity index (χ0) is 12.1. The molecule has 1 rings (SSSR count). The number of para-hydroxylation sites is 1. The molecule has 0 aliphatic rings. The predicted molar refractivity (Wildman–Crippen MR) is 69.6 cm³/mol. The summed E-state index contributed by atoms with van der Waals surface area (Å²) in [5, 5.41) is 12.7. The van der Waals surface area contributed by atoms with Gasteiger partial charge in [-0.3, -0.25) is 0 Å². The van der Waals surface area contributed by atoms with Gasteiger partial charge >= 0.3 is 5.97 Å². The Morgan fingerprint density at radius 1 is 1.56 bits per heavy atom. The summed E-state index contributed by atoms with van der Waals surface area (Å²) in [4.78, 5) is 11.0. The SMILES string of the molecule is CSC(C)CNc1c(C)cccc1C(=O)O. The van der Waals surface area contributed by atoms with Crippen LogP contribution in [0, 0.1) is 6.92 Å². The molecule has 0 saturated heterocycles. The minimum atomic E-state index is -0.886. The van der Waals surface area contributed by atoms with Crippen LogP contribution in [0.2, 0.25) is 0 Å². The molecule has 1 aromatic carbocycles. The molecule has 0 aliphatic heterocycles. The van der Waals surface area contributed by atoms with Crippen molar-refractivity contribution >= 4 is 23.4 Å². The molecule has 1 aromatic rings. The molecule has 0 radical (unpaired) electrons. The summed E-state index contributed by atoms with van der Waals surface area (Å²) in [6.45, 7) is 4.79.